The molecule has 2 N–H and O–H groups in total. The Balaban J connectivity index is 0.920. The number of imide groups is 1. The smallest absolute Gasteiger partial charge is 0.329 e. The Labute approximate surface area is 296 Å². The van der Waals surface area contributed by atoms with Crippen molar-refractivity contribution < 1.29 is 18.0 Å². The highest BCUT2D eigenvalue weighted by Crippen LogP contribution is 2.33. The van der Waals surface area contributed by atoms with Gasteiger partial charge in [0.05, 0.1) is 34.4 Å². The van der Waals surface area contributed by atoms with Crippen molar-refractivity contribution in [2.45, 2.75) is 49.0 Å². The van der Waals surface area contributed by atoms with Crippen LogP contribution in [0.25, 0.3) is 10.9 Å². The van der Waals surface area contributed by atoms with Crippen molar-refractivity contribution in [1.82, 2.24) is 34.3 Å². The number of piperidine rings is 2. The number of hydrogen-bond donors (Lipinski definition) is 2. The first-order chi connectivity index (χ1) is 24.1. The quantitative estimate of drug-likeness (QED) is 0.272. The van der Waals surface area contributed by atoms with E-state index in [0.29, 0.717) is 67.3 Å². The van der Waals surface area contributed by atoms with Crippen molar-refractivity contribution in [1.29, 1.82) is 0 Å². The molecule has 3 fully saturated rings. The lowest BCUT2D eigenvalue weighted by Crippen LogP contribution is -2.49. The van der Waals surface area contributed by atoms with Gasteiger partial charge in [-0.3, -0.25) is 24.6 Å². The van der Waals surface area contributed by atoms with Crippen LogP contribution in [0.3, 0.4) is 0 Å². The molecule has 4 aromatic rings. The lowest BCUT2D eigenvalue weighted by molar-refractivity contribution is -0.120. The number of carbonyl (C=O) groups excluding carboxylic acids is 2. The van der Waals surface area contributed by atoms with Gasteiger partial charge in [-0.1, -0.05) is 35.6 Å². The van der Waals surface area contributed by atoms with E-state index in [-0.39, 0.29) is 23.3 Å². The number of likely N-dealkylation sites (tertiary alicyclic amines) is 1. The Hall–Kier alpha value is -4.55. The number of urea groups is 1. The number of aromatic nitrogens is 4. The molecule has 260 valence electrons. The monoisotopic (exact) mass is 715 g/mol. The van der Waals surface area contributed by atoms with Gasteiger partial charge in [-0.25, -0.2) is 23.2 Å². The number of nitrogens with zero attached hydrogens (tertiary/aromatic N) is 7. The molecule has 0 unspecified atom stereocenters. The standard InChI is InChI=1S/C35H38ClN9O4S/c1-42-31-21-26(7-8-30(31)33(41-42)45-19-13-32(46)40-35(45)47)25-9-15-43(16-10-25)14-3-5-24-4-2-6-29(20-24)50(48,49)44-17-11-28(12-18-44)39-34-37-22-27(36)23-38-34/h2,4,6-8,20-23,25,28H,9-19H2,1H3,(H,37,38,39)(H,40,46,47). The predicted molar refractivity (Wildman–Crippen MR) is 190 cm³/mol. The zero-order valence-electron chi connectivity index (χ0n) is 27.7. The molecule has 3 aliphatic rings. The van der Waals surface area contributed by atoms with Gasteiger partial charge in [0.25, 0.3) is 0 Å². The largest absolute Gasteiger partial charge is 0.351 e. The summed E-state index contributed by atoms with van der Waals surface area (Å²) in [7, 11) is -1.78. The number of hydrogen-bond acceptors (Lipinski definition) is 9. The van der Waals surface area contributed by atoms with Crippen LogP contribution in [0.4, 0.5) is 16.6 Å². The first kappa shape index (κ1) is 33.9. The van der Waals surface area contributed by atoms with Crippen molar-refractivity contribution >= 4 is 56.2 Å². The van der Waals surface area contributed by atoms with Gasteiger partial charge < -0.3 is 5.32 Å². The van der Waals surface area contributed by atoms with Crippen molar-refractivity contribution in [3.63, 3.8) is 0 Å². The molecule has 3 saturated heterocycles. The molecule has 5 heterocycles. The third-order valence-corrected chi connectivity index (χ3v) is 11.7. The summed E-state index contributed by atoms with van der Waals surface area (Å²) < 4.78 is 30.3. The van der Waals surface area contributed by atoms with Gasteiger partial charge in [0.15, 0.2) is 5.82 Å². The minimum atomic E-state index is -3.65. The molecule has 0 bridgehead atoms. The molecule has 13 nitrogen and oxygen atoms in total. The fourth-order valence-corrected chi connectivity index (χ4v) is 8.46. The summed E-state index contributed by atoms with van der Waals surface area (Å²) in [6.45, 7) is 3.52. The van der Waals surface area contributed by atoms with Crippen molar-refractivity contribution in [3.05, 3.63) is 71.0 Å². The average molecular weight is 716 g/mol. The van der Waals surface area contributed by atoms with Crippen LogP contribution in [0, 0.1) is 11.8 Å². The number of aryl methyl sites for hydroxylation is 1. The second-order valence-electron chi connectivity index (χ2n) is 12.9. The third-order valence-electron chi connectivity index (χ3n) is 9.64. The number of halogens is 1. The topological polar surface area (TPSA) is 146 Å². The van der Waals surface area contributed by atoms with Gasteiger partial charge in [-0.2, -0.15) is 9.40 Å². The van der Waals surface area contributed by atoms with Crippen LogP contribution in [-0.4, -0.2) is 94.6 Å². The summed E-state index contributed by atoms with van der Waals surface area (Å²) in [6, 6.07) is 12.8. The average Bonchev–Trinajstić information content (AvgIpc) is 3.45. The highest BCUT2D eigenvalue weighted by atomic mass is 35.5. The Morgan fingerprint density at radius 1 is 0.980 bits per heavy atom. The fourth-order valence-electron chi connectivity index (χ4n) is 6.85. The molecule has 50 heavy (non-hydrogen) atoms. The van der Waals surface area contributed by atoms with Crippen LogP contribution >= 0.6 is 11.6 Å². The normalized spacial score (nSPS) is 18.6. The SMILES string of the molecule is Cn1nc(N2CCC(=O)NC2=O)c2ccc(C3CCN(CC#Cc4cccc(S(=O)(=O)N5CCC(Nc6ncc(Cl)cn6)CC5)c4)CC3)cc21. The molecule has 15 heteroatoms. The summed E-state index contributed by atoms with van der Waals surface area (Å²) in [6.07, 6.45) is 6.57. The van der Waals surface area contributed by atoms with Crippen LogP contribution < -0.4 is 15.5 Å². The number of carbonyl (C=O) groups is 2. The summed E-state index contributed by atoms with van der Waals surface area (Å²) in [5, 5.41) is 11.6. The molecule has 0 saturated carbocycles. The van der Waals surface area contributed by atoms with E-state index in [1.165, 1.54) is 27.2 Å². The highest BCUT2D eigenvalue weighted by Gasteiger charge is 2.31. The van der Waals surface area contributed by atoms with Gasteiger partial charge in [0.1, 0.15) is 0 Å². The first-order valence-electron chi connectivity index (χ1n) is 16.8. The molecule has 3 amide bonds. The maximum atomic E-state index is 13.5. The number of sulfonamides is 1. The van der Waals surface area contributed by atoms with Gasteiger partial charge in [-0.15, -0.1) is 0 Å². The molecule has 2 aromatic heterocycles. The fraction of sp³-hybridized carbons (Fsp3) is 0.400. The van der Waals surface area contributed by atoms with Crippen molar-refractivity contribution in [2.75, 3.05) is 49.5 Å². The van der Waals surface area contributed by atoms with Gasteiger partial charge in [-0.05, 0) is 80.6 Å². The molecular weight excluding hydrogens is 678 g/mol. The van der Waals surface area contributed by atoms with E-state index in [1.807, 2.05) is 19.2 Å². The Morgan fingerprint density at radius 3 is 2.48 bits per heavy atom. The van der Waals surface area contributed by atoms with Crippen molar-refractivity contribution in [2.24, 2.45) is 7.05 Å². The van der Waals surface area contributed by atoms with Crippen LogP contribution in [0.1, 0.15) is 49.1 Å². The highest BCUT2D eigenvalue weighted by molar-refractivity contribution is 7.89. The second-order valence-corrected chi connectivity index (χ2v) is 15.3. The van der Waals surface area contributed by atoms with E-state index in [2.05, 4.69) is 54.6 Å². The van der Waals surface area contributed by atoms with Crippen LogP contribution in [0.5, 0.6) is 0 Å². The first-order valence-corrected chi connectivity index (χ1v) is 18.6. The number of benzene rings is 2. The molecule has 3 aliphatic heterocycles. The molecule has 0 radical (unpaired) electrons. The molecule has 0 atom stereocenters. The zero-order chi connectivity index (χ0) is 34.8. The molecule has 7 rings (SSSR count). The summed E-state index contributed by atoms with van der Waals surface area (Å²) in [5.41, 5.74) is 2.87. The van der Waals surface area contributed by atoms with Crippen LogP contribution in [0.2, 0.25) is 5.02 Å². The summed E-state index contributed by atoms with van der Waals surface area (Å²) >= 11 is 5.87. The van der Waals surface area contributed by atoms with Gasteiger partial charge in [0, 0.05) is 50.1 Å². The molecule has 2 aromatic carbocycles. The number of fused-ring (bicyclic) bond motifs is 1. The summed E-state index contributed by atoms with van der Waals surface area (Å²) in [5.74, 6) is 7.61. The Bertz CT molecular complexity index is 2080. The minimum absolute atomic E-state index is 0.0769. The number of rotatable bonds is 7. The Morgan fingerprint density at radius 2 is 1.74 bits per heavy atom. The zero-order valence-corrected chi connectivity index (χ0v) is 29.3. The van der Waals surface area contributed by atoms with Crippen LogP contribution in [0.15, 0.2) is 59.8 Å². The van der Waals surface area contributed by atoms with E-state index in [0.717, 1.165) is 36.8 Å². The lowest BCUT2D eigenvalue weighted by atomic mass is 9.89. The lowest BCUT2D eigenvalue weighted by Gasteiger charge is -2.31. The third kappa shape index (κ3) is 7.32. The van der Waals surface area contributed by atoms with E-state index < -0.39 is 16.1 Å². The number of amides is 3. The maximum Gasteiger partial charge on any atom is 0.329 e. The van der Waals surface area contributed by atoms with Gasteiger partial charge in [0.2, 0.25) is 21.9 Å². The maximum absolute atomic E-state index is 13.5. The molecular formula is C35H38ClN9O4S. The van der Waals surface area contributed by atoms with Crippen molar-refractivity contribution in [3.8, 4) is 11.8 Å². The minimum Gasteiger partial charge on any atom is -0.351 e. The Kier molecular flexibility index (Phi) is 9.74. The van der Waals surface area contributed by atoms with Crippen LogP contribution in [-0.2, 0) is 21.9 Å². The predicted octanol–water partition coefficient (Wildman–Crippen LogP) is 3.96. The molecule has 0 spiro atoms. The van der Waals surface area contributed by atoms with E-state index in [4.69, 9.17) is 11.6 Å². The molecule has 0 aliphatic carbocycles. The number of anilines is 2. The van der Waals surface area contributed by atoms with E-state index >= 15 is 0 Å². The number of nitrogens with one attached hydrogen (secondary N) is 2. The summed E-state index contributed by atoms with van der Waals surface area (Å²) in [4.78, 5) is 36.5. The van der Waals surface area contributed by atoms with Gasteiger partial charge >= 0.3 is 6.03 Å². The van der Waals surface area contributed by atoms with E-state index in [1.54, 1.807) is 22.9 Å². The van der Waals surface area contributed by atoms with E-state index in [9.17, 15) is 18.0 Å². The second kappa shape index (κ2) is 14.4.